The van der Waals surface area contributed by atoms with E-state index in [9.17, 15) is 8.42 Å². The number of hydrogen-bond donors (Lipinski definition) is 1. The van der Waals surface area contributed by atoms with E-state index in [-0.39, 0.29) is 17.7 Å². The third-order valence-electron chi connectivity index (χ3n) is 1.81. The molecule has 0 unspecified atom stereocenters. The normalized spacial score (nSPS) is 21.3. The summed E-state index contributed by atoms with van der Waals surface area (Å²) >= 11 is 0. The molecule has 0 aromatic rings. The largest absolute Gasteiger partial charge is 0.325 e. The highest BCUT2D eigenvalue weighted by Crippen LogP contribution is 2.14. The second kappa shape index (κ2) is 3.32. The Morgan fingerprint density at radius 3 is 2.33 bits per heavy atom. The second-order valence-electron chi connectivity index (χ2n) is 3.75. The van der Waals surface area contributed by atoms with Crippen LogP contribution in [0.2, 0.25) is 0 Å². The van der Waals surface area contributed by atoms with E-state index >= 15 is 0 Å². The van der Waals surface area contributed by atoms with Gasteiger partial charge in [0.05, 0.1) is 5.75 Å². The second-order valence-corrected chi connectivity index (χ2v) is 5.76. The Labute approximate surface area is 73.8 Å². The fourth-order valence-corrected chi connectivity index (χ4v) is 3.11. The Bertz CT molecular complexity index is 242. The molecule has 2 N–H and O–H groups in total. The highest BCUT2D eigenvalue weighted by Gasteiger charge is 2.33. The van der Waals surface area contributed by atoms with E-state index in [0.717, 1.165) is 0 Å². The standard InChI is InChI=1S/C7H16N2O2S/c1-6(2)5-12(10,11)9-3-7(8)4-9/h6-7H,3-5,8H2,1-2H3. The summed E-state index contributed by atoms with van der Waals surface area (Å²) in [5.41, 5.74) is 5.49. The maximum atomic E-state index is 11.4. The maximum absolute atomic E-state index is 11.4. The lowest BCUT2D eigenvalue weighted by Gasteiger charge is -2.35. The molecule has 1 aliphatic heterocycles. The highest BCUT2D eigenvalue weighted by atomic mass is 32.2. The molecular formula is C7H16N2O2S. The fraction of sp³-hybridized carbons (Fsp3) is 1.00. The molecule has 0 aromatic heterocycles. The van der Waals surface area contributed by atoms with E-state index in [1.54, 1.807) is 0 Å². The molecule has 0 atom stereocenters. The van der Waals surface area contributed by atoms with Gasteiger partial charge < -0.3 is 5.73 Å². The lowest BCUT2D eigenvalue weighted by atomic mass is 10.2. The molecule has 0 radical (unpaired) electrons. The Hall–Kier alpha value is -0.130. The molecule has 5 heteroatoms. The topological polar surface area (TPSA) is 63.4 Å². The molecule has 1 fully saturated rings. The third kappa shape index (κ3) is 2.18. The van der Waals surface area contributed by atoms with Crippen molar-refractivity contribution in [2.75, 3.05) is 18.8 Å². The summed E-state index contributed by atoms with van der Waals surface area (Å²) in [4.78, 5) is 0. The van der Waals surface area contributed by atoms with Gasteiger partial charge in [0.25, 0.3) is 0 Å². The minimum absolute atomic E-state index is 0.0481. The Kier molecular flexibility index (Phi) is 2.75. The summed E-state index contributed by atoms with van der Waals surface area (Å²) in [5.74, 6) is 0.423. The van der Waals surface area contributed by atoms with Gasteiger partial charge in [-0.05, 0) is 5.92 Å². The molecule has 0 bridgehead atoms. The van der Waals surface area contributed by atoms with Crippen LogP contribution < -0.4 is 5.73 Å². The van der Waals surface area contributed by atoms with Crippen molar-refractivity contribution in [3.8, 4) is 0 Å². The van der Waals surface area contributed by atoms with Crippen LogP contribution in [-0.2, 0) is 10.0 Å². The van der Waals surface area contributed by atoms with Crippen molar-refractivity contribution >= 4 is 10.0 Å². The molecule has 0 aliphatic carbocycles. The zero-order chi connectivity index (χ0) is 9.35. The number of hydrogen-bond acceptors (Lipinski definition) is 3. The van der Waals surface area contributed by atoms with Crippen LogP contribution in [0.5, 0.6) is 0 Å². The molecule has 1 heterocycles. The quantitative estimate of drug-likeness (QED) is 0.662. The smallest absolute Gasteiger partial charge is 0.214 e. The first-order valence-corrected chi connectivity index (χ1v) is 5.76. The van der Waals surface area contributed by atoms with Gasteiger partial charge in [0.15, 0.2) is 0 Å². The van der Waals surface area contributed by atoms with E-state index in [1.165, 1.54) is 4.31 Å². The summed E-state index contributed by atoms with van der Waals surface area (Å²) < 4.78 is 24.3. The third-order valence-corrected chi connectivity index (χ3v) is 3.99. The molecular weight excluding hydrogens is 176 g/mol. The van der Waals surface area contributed by atoms with E-state index < -0.39 is 10.0 Å². The summed E-state index contributed by atoms with van der Waals surface area (Å²) in [6.07, 6.45) is 0. The van der Waals surface area contributed by atoms with Crippen molar-refractivity contribution in [1.29, 1.82) is 0 Å². The molecule has 1 saturated heterocycles. The average molecular weight is 192 g/mol. The van der Waals surface area contributed by atoms with Crippen LogP contribution in [0.15, 0.2) is 0 Å². The number of nitrogens with zero attached hydrogens (tertiary/aromatic N) is 1. The van der Waals surface area contributed by atoms with E-state index in [2.05, 4.69) is 0 Å². The number of rotatable bonds is 3. The highest BCUT2D eigenvalue weighted by molar-refractivity contribution is 7.89. The first-order valence-electron chi connectivity index (χ1n) is 4.15. The van der Waals surface area contributed by atoms with Crippen molar-refractivity contribution < 1.29 is 8.42 Å². The van der Waals surface area contributed by atoms with Crippen LogP contribution in [0.1, 0.15) is 13.8 Å². The van der Waals surface area contributed by atoms with E-state index in [1.807, 2.05) is 13.8 Å². The SMILES string of the molecule is CC(C)CS(=O)(=O)N1CC(N)C1. The Morgan fingerprint density at radius 2 is 2.00 bits per heavy atom. The predicted molar refractivity (Wildman–Crippen MR) is 48.2 cm³/mol. The van der Waals surface area contributed by atoms with Gasteiger partial charge in [-0.15, -0.1) is 0 Å². The van der Waals surface area contributed by atoms with Gasteiger partial charge in [0.1, 0.15) is 0 Å². The van der Waals surface area contributed by atoms with E-state index in [0.29, 0.717) is 13.1 Å². The first-order chi connectivity index (χ1) is 5.42. The van der Waals surface area contributed by atoms with Crippen molar-refractivity contribution in [2.45, 2.75) is 19.9 Å². The van der Waals surface area contributed by atoms with Gasteiger partial charge in [-0.1, -0.05) is 13.8 Å². The van der Waals surface area contributed by atoms with Crippen molar-refractivity contribution in [1.82, 2.24) is 4.31 Å². The molecule has 1 aliphatic rings. The van der Waals surface area contributed by atoms with Crippen molar-refractivity contribution in [2.24, 2.45) is 11.7 Å². The zero-order valence-electron chi connectivity index (χ0n) is 7.53. The van der Waals surface area contributed by atoms with E-state index in [4.69, 9.17) is 5.73 Å². The van der Waals surface area contributed by atoms with Crippen LogP contribution in [0.3, 0.4) is 0 Å². The predicted octanol–water partition coefficient (Wildman–Crippen LogP) is -0.385. The van der Waals surface area contributed by atoms with Gasteiger partial charge >= 0.3 is 0 Å². The van der Waals surface area contributed by atoms with Gasteiger partial charge in [-0.25, -0.2) is 8.42 Å². The maximum Gasteiger partial charge on any atom is 0.214 e. The summed E-state index contributed by atoms with van der Waals surface area (Å²) in [7, 11) is -3.00. The Balaban J connectivity index is 2.50. The summed E-state index contributed by atoms with van der Waals surface area (Å²) in [5, 5.41) is 0. The van der Waals surface area contributed by atoms with Crippen LogP contribution in [0.4, 0.5) is 0 Å². The molecule has 0 aromatic carbocycles. The van der Waals surface area contributed by atoms with Crippen LogP contribution >= 0.6 is 0 Å². The summed E-state index contributed by atoms with van der Waals surface area (Å²) in [6.45, 7) is 4.79. The molecule has 12 heavy (non-hydrogen) atoms. The lowest BCUT2D eigenvalue weighted by Crippen LogP contribution is -2.58. The van der Waals surface area contributed by atoms with Crippen LogP contribution in [0.25, 0.3) is 0 Å². The number of sulfonamides is 1. The molecule has 0 spiro atoms. The van der Waals surface area contributed by atoms with Gasteiger partial charge in [0.2, 0.25) is 10.0 Å². The molecule has 0 saturated carbocycles. The minimum atomic E-state index is -3.00. The monoisotopic (exact) mass is 192 g/mol. The van der Waals surface area contributed by atoms with Crippen molar-refractivity contribution in [3.63, 3.8) is 0 Å². The number of nitrogens with two attached hydrogens (primary N) is 1. The summed E-state index contributed by atoms with van der Waals surface area (Å²) in [6, 6.07) is 0.0481. The molecule has 4 nitrogen and oxygen atoms in total. The zero-order valence-corrected chi connectivity index (χ0v) is 8.34. The molecule has 72 valence electrons. The van der Waals surface area contributed by atoms with Crippen molar-refractivity contribution in [3.05, 3.63) is 0 Å². The van der Waals surface area contributed by atoms with Crippen LogP contribution in [0, 0.1) is 5.92 Å². The fourth-order valence-electron chi connectivity index (χ4n) is 1.22. The van der Waals surface area contributed by atoms with Gasteiger partial charge in [-0.2, -0.15) is 4.31 Å². The van der Waals surface area contributed by atoms with Gasteiger partial charge in [0, 0.05) is 19.1 Å². The average Bonchev–Trinajstić information content (AvgIpc) is 1.77. The molecule has 1 rings (SSSR count). The molecule has 0 amide bonds. The Morgan fingerprint density at radius 1 is 1.50 bits per heavy atom. The van der Waals surface area contributed by atoms with Crippen LogP contribution in [-0.4, -0.2) is 37.6 Å². The minimum Gasteiger partial charge on any atom is -0.325 e. The lowest BCUT2D eigenvalue weighted by molar-refractivity contribution is 0.264. The van der Waals surface area contributed by atoms with Gasteiger partial charge in [-0.3, -0.25) is 0 Å². The first kappa shape index (κ1) is 9.95.